The van der Waals surface area contributed by atoms with Crippen molar-refractivity contribution >= 4 is 33.2 Å². The van der Waals surface area contributed by atoms with Crippen LogP contribution in [0.3, 0.4) is 0 Å². The Bertz CT molecular complexity index is 688. The Labute approximate surface area is 134 Å². The van der Waals surface area contributed by atoms with Gasteiger partial charge in [-0.1, -0.05) is 13.8 Å². The molecule has 1 aromatic rings. The number of sulfone groups is 1. The number of benzene rings is 1. The molecule has 128 valence electrons. The van der Waals surface area contributed by atoms with Gasteiger partial charge in [-0.2, -0.15) is 0 Å². The van der Waals surface area contributed by atoms with E-state index in [0.717, 1.165) is 13.2 Å². The fraction of sp³-hybridized carbons (Fsp3) is 0.429. The highest BCUT2D eigenvalue weighted by Crippen LogP contribution is 2.20. The third-order valence-electron chi connectivity index (χ3n) is 2.61. The average Bonchev–Trinajstić information content (AvgIpc) is 2.39. The lowest BCUT2D eigenvalue weighted by atomic mass is 10.2. The van der Waals surface area contributed by atoms with Crippen LogP contribution in [-0.2, 0) is 19.4 Å². The van der Waals surface area contributed by atoms with Gasteiger partial charge >= 0.3 is 6.09 Å². The third-order valence-corrected chi connectivity index (χ3v) is 4.49. The van der Waals surface area contributed by atoms with Crippen molar-refractivity contribution in [2.45, 2.75) is 13.8 Å². The van der Waals surface area contributed by atoms with Crippen LogP contribution in [0, 0.1) is 11.7 Å². The monoisotopic (exact) mass is 346 g/mol. The van der Waals surface area contributed by atoms with Gasteiger partial charge in [0, 0.05) is 5.69 Å². The number of rotatable bonds is 6. The van der Waals surface area contributed by atoms with Crippen LogP contribution < -0.4 is 10.6 Å². The number of amides is 2. The summed E-state index contributed by atoms with van der Waals surface area (Å²) < 4.78 is 41.4. The van der Waals surface area contributed by atoms with Crippen molar-refractivity contribution in [3.63, 3.8) is 0 Å². The smallest absolute Gasteiger partial charge is 0.411 e. The molecule has 0 spiro atoms. The molecule has 0 bridgehead atoms. The number of halogens is 1. The van der Waals surface area contributed by atoms with Crippen LogP contribution in [0.25, 0.3) is 0 Å². The molecule has 0 aliphatic heterocycles. The number of anilines is 2. The molecule has 0 radical (unpaired) electrons. The minimum absolute atomic E-state index is 0.0884. The van der Waals surface area contributed by atoms with Gasteiger partial charge in [0.1, 0.15) is 11.6 Å². The van der Waals surface area contributed by atoms with E-state index in [4.69, 9.17) is 0 Å². The van der Waals surface area contributed by atoms with Crippen LogP contribution >= 0.6 is 0 Å². The minimum atomic E-state index is -3.52. The lowest BCUT2D eigenvalue weighted by Gasteiger charge is -2.10. The molecule has 0 saturated carbocycles. The summed E-state index contributed by atoms with van der Waals surface area (Å²) in [4.78, 5) is 22.9. The molecule has 2 amide bonds. The molecule has 1 aromatic carbocycles. The fourth-order valence-corrected chi connectivity index (χ4v) is 3.43. The molecular weight excluding hydrogens is 327 g/mol. The van der Waals surface area contributed by atoms with Gasteiger partial charge < -0.3 is 10.1 Å². The van der Waals surface area contributed by atoms with Crippen molar-refractivity contribution in [2.75, 3.05) is 29.2 Å². The molecule has 0 heterocycles. The quantitative estimate of drug-likeness (QED) is 0.820. The van der Waals surface area contributed by atoms with Gasteiger partial charge in [-0.15, -0.1) is 0 Å². The van der Waals surface area contributed by atoms with Gasteiger partial charge in [0.25, 0.3) is 0 Å². The SMILES string of the molecule is COC(=O)Nc1cc(NC(=O)CS(=O)(=O)CC(C)C)ccc1F. The lowest BCUT2D eigenvalue weighted by molar-refractivity contribution is -0.113. The Kier molecular flexibility index (Phi) is 6.49. The standard InChI is InChI=1S/C14H19FN2O5S/c1-9(2)7-23(20,21)8-13(18)16-10-4-5-11(15)12(6-10)17-14(19)22-3/h4-6,9H,7-8H2,1-3H3,(H,16,18)(H,17,19). The minimum Gasteiger partial charge on any atom is -0.453 e. The summed E-state index contributed by atoms with van der Waals surface area (Å²) in [7, 11) is -2.39. The Morgan fingerprint density at radius 2 is 1.91 bits per heavy atom. The molecule has 0 saturated heterocycles. The Hall–Kier alpha value is -2.16. The molecule has 9 heteroatoms. The van der Waals surface area contributed by atoms with E-state index in [0.29, 0.717) is 0 Å². The first-order valence-corrected chi connectivity index (χ1v) is 8.60. The summed E-state index contributed by atoms with van der Waals surface area (Å²) in [5.41, 5.74) is -0.0396. The van der Waals surface area contributed by atoms with Gasteiger partial charge in [0.2, 0.25) is 5.91 Å². The topological polar surface area (TPSA) is 102 Å². The molecule has 2 N–H and O–H groups in total. The molecule has 0 fully saturated rings. The van der Waals surface area contributed by atoms with E-state index in [9.17, 15) is 22.4 Å². The number of carbonyl (C=O) groups excluding carboxylic acids is 2. The first kappa shape index (κ1) is 18.9. The highest BCUT2D eigenvalue weighted by atomic mass is 32.2. The number of nitrogens with one attached hydrogen (secondary N) is 2. The Morgan fingerprint density at radius 3 is 2.48 bits per heavy atom. The van der Waals surface area contributed by atoms with E-state index in [1.807, 2.05) is 0 Å². The molecule has 0 aliphatic rings. The molecule has 23 heavy (non-hydrogen) atoms. The maximum absolute atomic E-state index is 13.5. The van der Waals surface area contributed by atoms with E-state index in [-0.39, 0.29) is 23.0 Å². The van der Waals surface area contributed by atoms with Gasteiger partial charge in [0.15, 0.2) is 9.84 Å². The normalized spacial score (nSPS) is 11.2. The number of hydrogen-bond acceptors (Lipinski definition) is 5. The van der Waals surface area contributed by atoms with Gasteiger partial charge in [0.05, 0.1) is 18.6 Å². The third kappa shape index (κ3) is 6.64. The van der Waals surface area contributed by atoms with Crippen LogP contribution in [0.2, 0.25) is 0 Å². The summed E-state index contributed by atoms with van der Waals surface area (Å²) in [6, 6.07) is 3.45. The second-order valence-corrected chi connectivity index (χ2v) is 7.42. The summed E-state index contributed by atoms with van der Waals surface area (Å²) in [6.45, 7) is 3.47. The molecule has 0 atom stereocenters. The maximum atomic E-state index is 13.5. The Balaban J connectivity index is 2.79. The first-order valence-electron chi connectivity index (χ1n) is 6.77. The highest BCUT2D eigenvalue weighted by Gasteiger charge is 2.18. The van der Waals surface area contributed by atoms with Crippen LogP contribution in [0.5, 0.6) is 0 Å². The summed E-state index contributed by atoms with van der Waals surface area (Å²) in [5, 5.41) is 4.50. The number of carbonyl (C=O) groups is 2. The molecule has 1 rings (SSSR count). The van der Waals surface area contributed by atoms with E-state index < -0.39 is 33.4 Å². The average molecular weight is 346 g/mol. The van der Waals surface area contributed by atoms with E-state index >= 15 is 0 Å². The molecular formula is C14H19FN2O5S. The summed E-state index contributed by atoms with van der Waals surface area (Å²) in [5.74, 6) is -2.31. The lowest BCUT2D eigenvalue weighted by Crippen LogP contribution is -2.26. The molecule has 7 nitrogen and oxygen atoms in total. The van der Waals surface area contributed by atoms with Gasteiger partial charge in [-0.05, 0) is 24.1 Å². The number of hydrogen-bond donors (Lipinski definition) is 2. The van der Waals surface area contributed by atoms with Crippen molar-refractivity contribution in [1.82, 2.24) is 0 Å². The predicted molar refractivity (Wildman–Crippen MR) is 84.5 cm³/mol. The second-order valence-electron chi connectivity index (χ2n) is 5.31. The van der Waals surface area contributed by atoms with E-state index in [2.05, 4.69) is 15.4 Å². The van der Waals surface area contributed by atoms with Crippen molar-refractivity contribution < 1.29 is 27.1 Å². The van der Waals surface area contributed by atoms with E-state index in [1.165, 1.54) is 12.1 Å². The van der Waals surface area contributed by atoms with Crippen molar-refractivity contribution in [2.24, 2.45) is 5.92 Å². The highest BCUT2D eigenvalue weighted by molar-refractivity contribution is 7.92. The number of methoxy groups -OCH3 is 1. The van der Waals surface area contributed by atoms with Crippen LogP contribution in [0.4, 0.5) is 20.6 Å². The van der Waals surface area contributed by atoms with Crippen molar-refractivity contribution in [3.8, 4) is 0 Å². The van der Waals surface area contributed by atoms with E-state index in [1.54, 1.807) is 13.8 Å². The van der Waals surface area contributed by atoms with Crippen LogP contribution in [0.1, 0.15) is 13.8 Å². The van der Waals surface area contributed by atoms with Crippen LogP contribution in [-0.4, -0.2) is 39.0 Å². The summed E-state index contributed by atoms with van der Waals surface area (Å²) >= 11 is 0. The van der Waals surface area contributed by atoms with Gasteiger partial charge in [-0.3, -0.25) is 10.1 Å². The first-order chi connectivity index (χ1) is 10.6. The second kappa shape index (κ2) is 7.91. The van der Waals surface area contributed by atoms with Gasteiger partial charge in [-0.25, -0.2) is 17.6 Å². The van der Waals surface area contributed by atoms with Crippen molar-refractivity contribution in [3.05, 3.63) is 24.0 Å². The maximum Gasteiger partial charge on any atom is 0.411 e. The Morgan fingerprint density at radius 1 is 1.26 bits per heavy atom. The largest absolute Gasteiger partial charge is 0.453 e. The zero-order chi connectivity index (χ0) is 17.6. The molecule has 0 aliphatic carbocycles. The van der Waals surface area contributed by atoms with Crippen LogP contribution in [0.15, 0.2) is 18.2 Å². The van der Waals surface area contributed by atoms with Crippen molar-refractivity contribution in [1.29, 1.82) is 0 Å². The molecule has 0 aromatic heterocycles. The zero-order valence-corrected chi connectivity index (χ0v) is 13.9. The summed E-state index contributed by atoms with van der Waals surface area (Å²) in [6.07, 6.45) is -0.869. The molecule has 0 unspecified atom stereocenters. The predicted octanol–water partition coefficient (Wildman–Crippen LogP) is 2.01. The number of ether oxygens (including phenoxy) is 1. The zero-order valence-electron chi connectivity index (χ0n) is 13.1. The fourth-order valence-electron chi connectivity index (χ4n) is 1.82.